The average molecular weight is 277 g/mol. The molecule has 6 heteroatoms. The number of phenols is 1. The van der Waals surface area contributed by atoms with Crippen molar-refractivity contribution in [3.63, 3.8) is 0 Å². The van der Waals surface area contributed by atoms with E-state index in [4.69, 9.17) is 5.73 Å². The van der Waals surface area contributed by atoms with Crippen LogP contribution in [0.4, 0.5) is 5.69 Å². The summed E-state index contributed by atoms with van der Waals surface area (Å²) in [6, 6.07) is 4.88. The Hall–Kier alpha value is -2.24. The normalized spacial score (nSPS) is 15.9. The van der Waals surface area contributed by atoms with E-state index in [1.54, 1.807) is 23.1 Å². The van der Waals surface area contributed by atoms with Crippen molar-refractivity contribution in [1.29, 1.82) is 0 Å². The fourth-order valence-corrected chi connectivity index (χ4v) is 2.42. The average Bonchev–Trinajstić information content (AvgIpc) is 2.41. The third-order valence-corrected chi connectivity index (χ3v) is 3.49. The lowest BCUT2D eigenvalue weighted by atomic mass is 10.0. The van der Waals surface area contributed by atoms with E-state index in [0.29, 0.717) is 25.9 Å². The van der Waals surface area contributed by atoms with Gasteiger partial charge >= 0.3 is 0 Å². The van der Waals surface area contributed by atoms with Gasteiger partial charge in [0.25, 0.3) is 5.91 Å². The Balaban J connectivity index is 2.02. The molecule has 1 heterocycles. The smallest absolute Gasteiger partial charge is 0.257 e. The maximum atomic E-state index is 12.3. The molecule has 1 fully saturated rings. The van der Waals surface area contributed by atoms with Gasteiger partial charge in [0, 0.05) is 26.1 Å². The number of nitrogen functional groups attached to an aromatic ring is 1. The predicted molar refractivity (Wildman–Crippen MR) is 75.3 cm³/mol. The van der Waals surface area contributed by atoms with Crippen LogP contribution >= 0.6 is 0 Å². The third kappa shape index (κ3) is 3.01. The van der Waals surface area contributed by atoms with E-state index in [0.717, 1.165) is 0 Å². The molecule has 0 spiro atoms. The Bertz CT molecular complexity index is 522. The highest BCUT2D eigenvalue weighted by atomic mass is 16.3. The molecule has 1 aromatic carbocycles. The number of nitrogens with zero attached hydrogens (tertiary/aromatic N) is 1. The van der Waals surface area contributed by atoms with Crippen LogP contribution in [0.25, 0.3) is 0 Å². The van der Waals surface area contributed by atoms with Crippen molar-refractivity contribution in [2.45, 2.75) is 25.8 Å². The van der Waals surface area contributed by atoms with Crippen LogP contribution < -0.4 is 11.1 Å². The molecule has 0 bridgehead atoms. The van der Waals surface area contributed by atoms with Crippen molar-refractivity contribution in [3.05, 3.63) is 23.8 Å². The number of likely N-dealkylation sites (tertiary alicyclic amines) is 1. The largest absolute Gasteiger partial charge is 0.505 e. The third-order valence-electron chi connectivity index (χ3n) is 3.49. The molecule has 1 aromatic rings. The second-order valence-corrected chi connectivity index (χ2v) is 5.01. The molecule has 1 saturated heterocycles. The number of carbonyl (C=O) groups is 2. The highest BCUT2D eigenvalue weighted by Gasteiger charge is 2.25. The zero-order valence-electron chi connectivity index (χ0n) is 11.4. The minimum atomic E-state index is -0.226. The van der Waals surface area contributed by atoms with Gasteiger partial charge < -0.3 is 21.1 Å². The lowest BCUT2D eigenvalue weighted by molar-refractivity contribution is -0.119. The van der Waals surface area contributed by atoms with Gasteiger partial charge in [0.05, 0.1) is 11.3 Å². The van der Waals surface area contributed by atoms with Gasteiger partial charge in [-0.25, -0.2) is 0 Å². The van der Waals surface area contributed by atoms with Crippen molar-refractivity contribution in [2.24, 2.45) is 0 Å². The second-order valence-electron chi connectivity index (χ2n) is 5.01. The Morgan fingerprint density at radius 3 is 2.60 bits per heavy atom. The SMILES string of the molecule is CC(=O)NC1CCN(C(=O)c2cccc(N)c2O)CC1. The number of anilines is 1. The number of rotatable bonds is 2. The van der Waals surface area contributed by atoms with Gasteiger partial charge in [0.1, 0.15) is 0 Å². The molecule has 6 nitrogen and oxygen atoms in total. The number of piperidine rings is 1. The van der Waals surface area contributed by atoms with Crippen molar-refractivity contribution in [1.82, 2.24) is 10.2 Å². The minimum absolute atomic E-state index is 0.0525. The van der Waals surface area contributed by atoms with E-state index >= 15 is 0 Å². The van der Waals surface area contributed by atoms with Crippen LogP contribution in [0.5, 0.6) is 5.75 Å². The number of phenolic OH excluding ortho intramolecular Hbond substituents is 1. The minimum Gasteiger partial charge on any atom is -0.505 e. The number of nitrogens with two attached hydrogens (primary N) is 1. The van der Waals surface area contributed by atoms with Crippen LogP contribution in [0.3, 0.4) is 0 Å². The van der Waals surface area contributed by atoms with Crippen LogP contribution in [-0.2, 0) is 4.79 Å². The zero-order chi connectivity index (χ0) is 14.7. The van der Waals surface area contributed by atoms with Crippen molar-refractivity contribution >= 4 is 17.5 Å². The Labute approximate surface area is 117 Å². The first-order valence-electron chi connectivity index (χ1n) is 6.63. The topological polar surface area (TPSA) is 95.7 Å². The molecule has 0 aliphatic carbocycles. The summed E-state index contributed by atoms with van der Waals surface area (Å²) < 4.78 is 0. The monoisotopic (exact) mass is 277 g/mol. The number of carbonyl (C=O) groups excluding carboxylic acids is 2. The van der Waals surface area contributed by atoms with E-state index in [9.17, 15) is 14.7 Å². The molecule has 1 aliphatic heterocycles. The molecule has 0 unspecified atom stereocenters. The van der Waals surface area contributed by atoms with Gasteiger partial charge in [-0.1, -0.05) is 6.07 Å². The molecule has 108 valence electrons. The first kappa shape index (κ1) is 14.2. The number of para-hydroxylation sites is 1. The highest BCUT2D eigenvalue weighted by Crippen LogP contribution is 2.26. The fraction of sp³-hybridized carbons (Fsp3) is 0.429. The quantitative estimate of drug-likeness (QED) is 0.548. The summed E-state index contributed by atoms with van der Waals surface area (Å²) >= 11 is 0. The predicted octanol–water partition coefficient (Wildman–Crippen LogP) is 0.715. The lowest BCUT2D eigenvalue weighted by Gasteiger charge is -2.32. The van der Waals surface area contributed by atoms with Gasteiger partial charge in [-0.3, -0.25) is 9.59 Å². The highest BCUT2D eigenvalue weighted by molar-refractivity contribution is 5.98. The fourth-order valence-electron chi connectivity index (χ4n) is 2.42. The van der Waals surface area contributed by atoms with Crippen LogP contribution in [0, 0.1) is 0 Å². The maximum absolute atomic E-state index is 12.3. The standard InChI is InChI=1S/C14H19N3O3/c1-9(18)16-10-5-7-17(8-6-10)14(20)11-3-2-4-12(15)13(11)19/h2-4,10,19H,5-8,15H2,1H3,(H,16,18). The summed E-state index contributed by atoms with van der Waals surface area (Å²) in [6.07, 6.45) is 1.43. The van der Waals surface area contributed by atoms with Crippen LogP contribution in [0.1, 0.15) is 30.1 Å². The molecule has 0 atom stereocenters. The summed E-state index contributed by atoms with van der Waals surface area (Å²) in [5.41, 5.74) is 6.02. The van der Waals surface area contributed by atoms with Crippen LogP contribution in [-0.4, -0.2) is 41.0 Å². The van der Waals surface area contributed by atoms with E-state index < -0.39 is 0 Å². The van der Waals surface area contributed by atoms with E-state index in [1.807, 2.05) is 0 Å². The lowest BCUT2D eigenvalue weighted by Crippen LogP contribution is -2.46. The number of nitrogens with one attached hydrogen (secondary N) is 1. The number of aromatic hydroxyl groups is 1. The molecule has 2 rings (SSSR count). The molecular weight excluding hydrogens is 258 g/mol. The van der Waals surface area contributed by atoms with Crippen molar-refractivity contribution in [3.8, 4) is 5.75 Å². The Morgan fingerprint density at radius 2 is 2.00 bits per heavy atom. The van der Waals surface area contributed by atoms with Crippen LogP contribution in [0.15, 0.2) is 18.2 Å². The molecule has 4 N–H and O–H groups in total. The van der Waals surface area contributed by atoms with Gasteiger partial charge in [-0.05, 0) is 25.0 Å². The second kappa shape index (κ2) is 5.81. The summed E-state index contributed by atoms with van der Waals surface area (Å²) in [7, 11) is 0. The summed E-state index contributed by atoms with van der Waals surface area (Å²) in [6.45, 7) is 2.60. The number of hydrogen-bond donors (Lipinski definition) is 3. The van der Waals surface area contributed by atoms with E-state index in [1.165, 1.54) is 6.92 Å². The molecular formula is C14H19N3O3. The molecule has 2 amide bonds. The maximum Gasteiger partial charge on any atom is 0.257 e. The molecule has 0 radical (unpaired) electrons. The first-order chi connectivity index (χ1) is 9.49. The van der Waals surface area contributed by atoms with Gasteiger partial charge in [-0.15, -0.1) is 0 Å². The van der Waals surface area contributed by atoms with Crippen molar-refractivity contribution in [2.75, 3.05) is 18.8 Å². The Kier molecular flexibility index (Phi) is 4.12. The first-order valence-corrected chi connectivity index (χ1v) is 6.63. The number of benzene rings is 1. The number of hydrogen-bond acceptors (Lipinski definition) is 4. The van der Waals surface area contributed by atoms with Gasteiger partial charge in [-0.2, -0.15) is 0 Å². The molecule has 1 aliphatic rings. The summed E-state index contributed by atoms with van der Waals surface area (Å²) in [4.78, 5) is 25.0. The molecule has 20 heavy (non-hydrogen) atoms. The zero-order valence-corrected chi connectivity index (χ0v) is 11.4. The molecule has 0 aromatic heterocycles. The Morgan fingerprint density at radius 1 is 1.35 bits per heavy atom. The number of amides is 2. The summed E-state index contributed by atoms with van der Waals surface area (Å²) in [5.74, 6) is -0.444. The van der Waals surface area contributed by atoms with Gasteiger partial charge in [0.15, 0.2) is 5.75 Å². The molecule has 0 saturated carbocycles. The van der Waals surface area contributed by atoms with Crippen molar-refractivity contribution < 1.29 is 14.7 Å². The van der Waals surface area contributed by atoms with E-state index in [2.05, 4.69) is 5.32 Å². The van der Waals surface area contributed by atoms with Gasteiger partial charge in [0.2, 0.25) is 5.91 Å². The van der Waals surface area contributed by atoms with Crippen LogP contribution in [0.2, 0.25) is 0 Å². The summed E-state index contributed by atoms with van der Waals surface area (Å²) in [5, 5.41) is 12.7. The van der Waals surface area contributed by atoms with E-state index in [-0.39, 0.29) is 34.9 Å².